The molecule has 5 nitrogen and oxygen atoms in total. The number of furan rings is 1. The van der Waals surface area contributed by atoms with Gasteiger partial charge in [0, 0.05) is 27.6 Å². The molecule has 8 aromatic rings. The van der Waals surface area contributed by atoms with E-state index in [1.807, 2.05) is 12.1 Å². The van der Waals surface area contributed by atoms with Crippen molar-refractivity contribution in [3.63, 3.8) is 0 Å². The van der Waals surface area contributed by atoms with Gasteiger partial charge in [0.2, 0.25) is 0 Å². The minimum atomic E-state index is 0.784. The number of oxazole rings is 1. The summed E-state index contributed by atoms with van der Waals surface area (Å²) in [5.41, 5.74) is 9.24. The fourth-order valence-corrected chi connectivity index (χ4v) is 5.69. The van der Waals surface area contributed by atoms with E-state index < -0.39 is 0 Å². The summed E-state index contributed by atoms with van der Waals surface area (Å²) in [6.07, 6.45) is 1.52. The smallest absolute Gasteiger partial charge is 0.295 e. The van der Waals surface area contributed by atoms with Crippen LogP contribution in [0.3, 0.4) is 0 Å². The van der Waals surface area contributed by atoms with Crippen LogP contribution in [0.1, 0.15) is 5.56 Å². The van der Waals surface area contributed by atoms with Crippen molar-refractivity contribution >= 4 is 71.4 Å². The Bertz CT molecular complexity index is 2110. The SMILES string of the molecule is Cc1cc2oc3ccccc3c2c2c3cc4ocnc4cc3n3c4ccccc4[n+](C)c3c12. The number of benzene rings is 4. The molecule has 0 unspecified atom stereocenters. The molecule has 0 fully saturated rings. The van der Waals surface area contributed by atoms with Gasteiger partial charge in [-0.15, -0.1) is 0 Å². The Balaban J connectivity index is 1.84. The lowest BCUT2D eigenvalue weighted by atomic mass is 9.96. The van der Waals surface area contributed by atoms with Gasteiger partial charge in [0.1, 0.15) is 22.2 Å². The highest BCUT2D eigenvalue weighted by molar-refractivity contribution is 6.30. The maximum atomic E-state index is 6.31. The second kappa shape index (κ2) is 5.70. The summed E-state index contributed by atoms with van der Waals surface area (Å²) >= 11 is 0. The van der Waals surface area contributed by atoms with Crippen LogP contribution in [0.2, 0.25) is 0 Å². The molecule has 0 amide bonds. The van der Waals surface area contributed by atoms with Crippen LogP contribution in [-0.2, 0) is 7.05 Å². The van der Waals surface area contributed by atoms with Crippen LogP contribution < -0.4 is 4.57 Å². The highest BCUT2D eigenvalue weighted by atomic mass is 16.3. The topological polar surface area (TPSA) is 47.5 Å². The first-order valence-electron chi connectivity index (χ1n) is 11.0. The summed E-state index contributed by atoms with van der Waals surface area (Å²) in [4.78, 5) is 4.46. The van der Waals surface area contributed by atoms with Gasteiger partial charge in [-0.25, -0.2) is 9.55 Å². The number of rotatable bonds is 0. The largest absolute Gasteiger partial charge is 0.456 e. The van der Waals surface area contributed by atoms with E-state index in [0.29, 0.717) is 0 Å². The van der Waals surface area contributed by atoms with Crippen molar-refractivity contribution in [1.29, 1.82) is 0 Å². The number of hydrogen-bond donors (Lipinski definition) is 0. The Morgan fingerprint density at radius 1 is 0.788 bits per heavy atom. The maximum absolute atomic E-state index is 6.31. The van der Waals surface area contributed by atoms with Gasteiger partial charge >= 0.3 is 0 Å². The molecule has 5 heteroatoms. The lowest BCUT2D eigenvalue weighted by Gasteiger charge is -2.09. The molecule has 0 aliphatic heterocycles. The molecule has 156 valence electrons. The summed E-state index contributed by atoms with van der Waals surface area (Å²) in [6, 6.07) is 23.3. The van der Waals surface area contributed by atoms with E-state index >= 15 is 0 Å². The van der Waals surface area contributed by atoms with Crippen molar-refractivity contribution in [2.75, 3.05) is 0 Å². The predicted molar refractivity (Wildman–Crippen MR) is 131 cm³/mol. The molecular weight excluding hydrogens is 410 g/mol. The summed E-state index contributed by atoms with van der Waals surface area (Å²) in [6.45, 7) is 2.17. The van der Waals surface area contributed by atoms with Crippen LogP contribution in [0.5, 0.6) is 0 Å². The van der Waals surface area contributed by atoms with Crippen molar-refractivity contribution in [2.24, 2.45) is 7.05 Å². The monoisotopic (exact) mass is 428 g/mol. The van der Waals surface area contributed by atoms with Crippen molar-refractivity contribution in [3.8, 4) is 0 Å². The van der Waals surface area contributed by atoms with Gasteiger partial charge in [-0.05, 0) is 42.8 Å². The van der Waals surface area contributed by atoms with Gasteiger partial charge in [0.25, 0.3) is 5.65 Å². The number of aromatic nitrogens is 3. The molecule has 4 heterocycles. The van der Waals surface area contributed by atoms with Gasteiger partial charge in [0.15, 0.2) is 23.0 Å². The minimum absolute atomic E-state index is 0.784. The average molecular weight is 428 g/mol. The van der Waals surface area contributed by atoms with E-state index in [4.69, 9.17) is 8.83 Å². The molecule has 4 aromatic carbocycles. The van der Waals surface area contributed by atoms with Gasteiger partial charge in [-0.1, -0.05) is 30.3 Å². The first-order chi connectivity index (χ1) is 16.2. The molecule has 0 N–H and O–H groups in total. The van der Waals surface area contributed by atoms with E-state index in [1.165, 1.54) is 33.8 Å². The third kappa shape index (κ3) is 1.98. The third-order valence-corrected chi connectivity index (χ3v) is 7.06. The summed E-state index contributed by atoms with van der Waals surface area (Å²) in [7, 11) is 2.15. The lowest BCUT2D eigenvalue weighted by Crippen LogP contribution is -2.27. The number of hydrogen-bond acceptors (Lipinski definition) is 3. The predicted octanol–water partition coefficient (Wildman–Crippen LogP) is 6.57. The maximum Gasteiger partial charge on any atom is 0.295 e. The molecule has 0 aliphatic carbocycles. The Morgan fingerprint density at radius 3 is 2.58 bits per heavy atom. The summed E-state index contributed by atoms with van der Waals surface area (Å²) in [5.74, 6) is 0. The molecule has 0 aliphatic rings. The van der Waals surface area contributed by atoms with Crippen molar-refractivity contribution < 1.29 is 13.4 Å². The van der Waals surface area contributed by atoms with Crippen LogP contribution in [-0.4, -0.2) is 9.38 Å². The van der Waals surface area contributed by atoms with Crippen molar-refractivity contribution in [1.82, 2.24) is 9.38 Å². The van der Waals surface area contributed by atoms with Crippen LogP contribution in [0.25, 0.3) is 71.4 Å². The standard InChI is InChI=1S/C28H18N3O2/c1-15-11-24-26(16-7-3-6-10-22(16)33-24)27-17-12-23-18(29-14-32-23)13-21(17)31-20-9-5-4-8-19(20)30(2)28(31)25(15)27/h3-14H,1-2H3/q+1. The third-order valence-electron chi connectivity index (χ3n) is 7.06. The average Bonchev–Trinajstić information content (AvgIpc) is 3.52. The van der Waals surface area contributed by atoms with Gasteiger partial charge in [0.05, 0.1) is 12.4 Å². The number of aryl methyl sites for hydroxylation is 2. The highest BCUT2D eigenvalue weighted by Crippen LogP contribution is 2.42. The number of nitrogens with zero attached hydrogens (tertiary/aromatic N) is 3. The first-order valence-corrected chi connectivity index (χ1v) is 11.0. The normalized spacial score (nSPS) is 12.5. The zero-order valence-corrected chi connectivity index (χ0v) is 18.1. The number of fused-ring (bicyclic) bond motifs is 13. The second-order valence-corrected chi connectivity index (χ2v) is 8.81. The molecule has 0 spiro atoms. The molecule has 33 heavy (non-hydrogen) atoms. The van der Waals surface area contributed by atoms with E-state index in [0.717, 1.165) is 49.6 Å². The summed E-state index contributed by atoms with van der Waals surface area (Å²) in [5, 5.41) is 5.80. The number of para-hydroxylation sites is 3. The van der Waals surface area contributed by atoms with Crippen molar-refractivity contribution in [2.45, 2.75) is 6.92 Å². The van der Waals surface area contributed by atoms with Crippen LogP contribution in [0.15, 0.2) is 82.0 Å². The molecule has 0 bridgehead atoms. The quantitative estimate of drug-likeness (QED) is 0.203. The molecule has 0 radical (unpaired) electrons. The number of imidazole rings is 1. The zero-order valence-electron chi connectivity index (χ0n) is 18.1. The van der Waals surface area contributed by atoms with Crippen LogP contribution in [0.4, 0.5) is 0 Å². The second-order valence-electron chi connectivity index (χ2n) is 8.81. The molecule has 0 atom stereocenters. The Labute approximate surface area is 187 Å². The van der Waals surface area contributed by atoms with Crippen LogP contribution >= 0.6 is 0 Å². The molecule has 8 rings (SSSR count). The number of pyridine rings is 1. The van der Waals surface area contributed by atoms with E-state index in [9.17, 15) is 0 Å². The van der Waals surface area contributed by atoms with Gasteiger partial charge in [-0.2, -0.15) is 4.40 Å². The fourth-order valence-electron chi connectivity index (χ4n) is 5.69. The van der Waals surface area contributed by atoms with E-state index in [2.05, 4.69) is 82.5 Å². The lowest BCUT2D eigenvalue weighted by molar-refractivity contribution is -0.617. The Hall–Kier alpha value is -4.38. The summed E-state index contributed by atoms with van der Waals surface area (Å²) < 4.78 is 16.7. The molecule has 0 saturated heterocycles. The molecular formula is C28H18N3O2+. The zero-order chi connectivity index (χ0) is 21.8. The van der Waals surface area contributed by atoms with Crippen molar-refractivity contribution in [3.05, 3.63) is 78.7 Å². The molecule has 4 aromatic heterocycles. The highest BCUT2D eigenvalue weighted by Gasteiger charge is 2.27. The Morgan fingerprint density at radius 2 is 1.64 bits per heavy atom. The Kier molecular flexibility index (Phi) is 2.97. The van der Waals surface area contributed by atoms with Gasteiger partial charge < -0.3 is 8.83 Å². The van der Waals surface area contributed by atoms with Crippen LogP contribution in [0, 0.1) is 6.92 Å². The molecule has 0 saturated carbocycles. The fraction of sp³-hybridized carbons (Fsp3) is 0.0714. The first kappa shape index (κ1) is 17.2. The van der Waals surface area contributed by atoms with Gasteiger partial charge in [-0.3, -0.25) is 0 Å². The van der Waals surface area contributed by atoms with E-state index in [-0.39, 0.29) is 0 Å². The van der Waals surface area contributed by atoms with E-state index in [1.54, 1.807) is 0 Å². The minimum Gasteiger partial charge on any atom is -0.456 e.